The first-order valence-corrected chi connectivity index (χ1v) is 15.4. The van der Waals surface area contributed by atoms with Crippen LogP contribution in [0.4, 0.5) is 5.69 Å². The minimum absolute atomic E-state index is 0.0644. The van der Waals surface area contributed by atoms with Crippen molar-refractivity contribution in [2.24, 2.45) is 5.92 Å². The molecule has 0 aromatic heterocycles. The Labute approximate surface area is 257 Å². The lowest BCUT2D eigenvalue weighted by Crippen LogP contribution is -2.51. The Hall–Kier alpha value is -3.47. The Morgan fingerprint density at radius 1 is 0.881 bits per heavy atom. The van der Waals surface area contributed by atoms with Crippen LogP contribution in [0.15, 0.2) is 71.6 Å². The summed E-state index contributed by atoms with van der Waals surface area (Å²) in [4.78, 5) is 28.5. The van der Waals surface area contributed by atoms with E-state index < -0.39 is 34.4 Å². The van der Waals surface area contributed by atoms with Crippen molar-refractivity contribution in [3.63, 3.8) is 0 Å². The number of anilines is 1. The molecule has 3 aromatic rings. The summed E-state index contributed by atoms with van der Waals surface area (Å²) >= 11 is 12.9. The van der Waals surface area contributed by atoms with Crippen LogP contribution < -0.4 is 19.1 Å². The molecule has 1 atom stereocenters. The van der Waals surface area contributed by atoms with Crippen LogP contribution in [0.3, 0.4) is 0 Å². The van der Waals surface area contributed by atoms with E-state index in [1.54, 1.807) is 49.4 Å². The predicted octanol–water partition coefficient (Wildman–Crippen LogP) is 5.40. The average Bonchev–Trinajstić information content (AvgIpc) is 2.98. The van der Waals surface area contributed by atoms with Gasteiger partial charge in [-0.05, 0) is 61.4 Å². The summed E-state index contributed by atoms with van der Waals surface area (Å²) in [5, 5.41) is 3.46. The zero-order valence-corrected chi connectivity index (χ0v) is 26.5. The van der Waals surface area contributed by atoms with Gasteiger partial charge in [-0.25, -0.2) is 8.42 Å². The fraction of sp³-hybridized carbons (Fsp3) is 0.333. The second kappa shape index (κ2) is 14.6. The molecule has 0 saturated carbocycles. The highest BCUT2D eigenvalue weighted by molar-refractivity contribution is 7.92. The highest BCUT2D eigenvalue weighted by Gasteiger charge is 2.34. The normalized spacial score (nSPS) is 12.0. The van der Waals surface area contributed by atoms with E-state index in [4.69, 9.17) is 32.7 Å². The number of rotatable bonds is 13. The quantitative estimate of drug-likeness (QED) is 0.270. The number of hydrogen-bond donors (Lipinski definition) is 1. The van der Waals surface area contributed by atoms with Crippen molar-refractivity contribution in [2.45, 2.75) is 38.3 Å². The van der Waals surface area contributed by atoms with Crippen molar-refractivity contribution in [3.05, 3.63) is 82.3 Å². The van der Waals surface area contributed by atoms with Crippen LogP contribution >= 0.6 is 23.2 Å². The molecule has 0 heterocycles. The van der Waals surface area contributed by atoms with E-state index in [0.717, 1.165) is 4.31 Å². The number of carbonyl (C=O) groups is 2. The average molecular weight is 637 g/mol. The number of halogens is 2. The van der Waals surface area contributed by atoms with Gasteiger partial charge in [0.05, 0.1) is 24.8 Å². The monoisotopic (exact) mass is 635 g/mol. The molecule has 0 unspecified atom stereocenters. The second-order valence-corrected chi connectivity index (χ2v) is 12.6. The van der Waals surface area contributed by atoms with Crippen molar-refractivity contribution in [3.8, 4) is 11.5 Å². The van der Waals surface area contributed by atoms with Crippen LogP contribution in [0.5, 0.6) is 11.5 Å². The summed E-state index contributed by atoms with van der Waals surface area (Å²) in [5.74, 6) is -0.161. The van der Waals surface area contributed by atoms with Crippen molar-refractivity contribution in [2.75, 3.05) is 31.6 Å². The second-order valence-electron chi connectivity index (χ2n) is 9.90. The zero-order valence-electron chi connectivity index (χ0n) is 24.1. The van der Waals surface area contributed by atoms with Gasteiger partial charge in [-0.3, -0.25) is 13.9 Å². The summed E-state index contributed by atoms with van der Waals surface area (Å²) < 4.78 is 39.7. The van der Waals surface area contributed by atoms with Gasteiger partial charge < -0.3 is 19.7 Å². The van der Waals surface area contributed by atoms with E-state index >= 15 is 0 Å². The van der Waals surface area contributed by atoms with E-state index in [1.807, 2.05) is 13.8 Å². The van der Waals surface area contributed by atoms with Gasteiger partial charge in [-0.1, -0.05) is 55.2 Å². The molecule has 12 heteroatoms. The lowest BCUT2D eigenvalue weighted by molar-refractivity contribution is -0.139. The Balaban J connectivity index is 2.09. The number of hydrogen-bond acceptors (Lipinski definition) is 6. The molecular weight excluding hydrogens is 601 g/mol. The van der Waals surface area contributed by atoms with E-state index in [1.165, 1.54) is 43.4 Å². The molecule has 0 aliphatic carbocycles. The molecule has 0 saturated heterocycles. The fourth-order valence-electron chi connectivity index (χ4n) is 4.11. The molecule has 3 rings (SSSR count). The van der Waals surface area contributed by atoms with Gasteiger partial charge in [0.15, 0.2) is 0 Å². The first-order valence-electron chi connectivity index (χ1n) is 13.2. The standard InChI is InChI=1S/C30H35Cl2N3O6S/c1-20(2)17-33-30(37)21(3)34(18-24-25(31)9-8-10-26(24)32)29(36)19-35(27-11-6-7-12-28(27)41-5)42(38,39)23-15-13-22(40-4)14-16-23/h6-16,20-21H,17-19H2,1-5H3,(H,33,37)/t21-/m0/s1. The molecule has 3 aromatic carbocycles. The van der Waals surface area contributed by atoms with Crippen molar-refractivity contribution in [1.29, 1.82) is 0 Å². The molecule has 0 aliphatic rings. The smallest absolute Gasteiger partial charge is 0.264 e. The van der Waals surface area contributed by atoms with Crippen molar-refractivity contribution in [1.82, 2.24) is 10.2 Å². The molecule has 226 valence electrons. The van der Waals surface area contributed by atoms with Crippen LogP contribution in [0.2, 0.25) is 10.0 Å². The Morgan fingerprint density at radius 2 is 1.50 bits per heavy atom. The molecule has 0 spiro atoms. The fourth-order valence-corrected chi connectivity index (χ4v) is 6.05. The third kappa shape index (κ3) is 7.87. The minimum Gasteiger partial charge on any atom is -0.497 e. The number of ether oxygens (including phenoxy) is 2. The summed E-state index contributed by atoms with van der Waals surface area (Å²) in [6.07, 6.45) is 0. The Morgan fingerprint density at radius 3 is 2.07 bits per heavy atom. The molecule has 1 N–H and O–H groups in total. The van der Waals surface area contributed by atoms with E-state index in [9.17, 15) is 18.0 Å². The molecule has 0 aliphatic heterocycles. The Kier molecular flexibility index (Phi) is 11.5. The number of benzene rings is 3. The lowest BCUT2D eigenvalue weighted by Gasteiger charge is -2.32. The van der Waals surface area contributed by atoms with Gasteiger partial charge in [0.1, 0.15) is 24.1 Å². The van der Waals surface area contributed by atoms with Gasteiger partial charge in [0.2, 0.25) is 11.8 Å². The SMILES string of the molecule is COc1ccc(S(=O)(=O)N(CC(=O)N(Cc2c(Cl)cccc2Cl)[C@@H](C)C(=O)NCC(C)C)c2ccccc2OC)cc1. The molecule has 9 nitrogen and oxygen atoms in total. The minimum atomic E-state index is -4.30. The molecule has 0 radical (unpaired) electrons. The summed E-state index contributed by atoms with van der Waals surface area (Å²) in [5.41, 5.74) is 0.580. The highest BCUT2D eigenvalue weighted by Crippen LogP contribution is 2.33. The predicted molar refractivity (Wildman–Crippen MR) is 165 cm³/mol. The first-order chi connectivity index (χ1) is 19.9. The van der Waals surface area contributed by atoms with Crippen LogP contribution in [-0.2, 0) is 26.2 Å². The van der Waals surface area contributed by atoms with Gasteiger partial charge in [0, 0.05) is 28.7 Å². The van der Waals surface area contributed by atoms with E-state index in [2.05, 4.69) is 5.32 Å². The lowest BCUT2D eigenvalue weighted by atomic mass is 10.1. The summed E-state index contributed by atoms with van der Waals surface area (Å²) in [7, 11) is -1.42. The van der Waals surface area contributed by atoms with Crippen LogP contribution in [0, 0.1) is 5.92 Å². The van der Waals surface area contributed by atoms with Gasteiger partial charge >= 0.3 is 0 Å². The zero-order chi connectivity index (χ0) is 31.0. The number of nitrogens with one attached hydrogen (secondary N) is 1. The maximum Gasteiger partial charge on any atom is 0.264 e. The highest BCUT2D eigenvalue weighted by atomic mass is 35.5. The number of methoxy groups -OCH3 is 2. The van der Waals surface area contributed by atoms with Gasteiger partial charge in [0.25, 0.3) is 10.0 Å². The number of para-hydroxylation sites is 2. The molecule has 0 bridgehead atoms. The summed E-state index contributed by atoms with van der Waals surface area (Å²) in [6, 6.07) is 16.2. The van der Waals surface area contributed by atoms with Crippen LogP contribution in [0.1, 0.15) is 26.3 Å². The molecular formula is C30H35Cl2N3O6S. The van der Waals surface area contributed by atoms with Gasteiger partial charge in [-0.15, -0.1) is 0 Å². The number of nitrogens with zero attached hydrogens (tertiary/aromatic N) is 2. The molecule has 42 heavy (non-hydrogen) atoms. The number of amides is 2. The summed E-state index contributed by atoms with van der Waals surface area (Å²) in [6.45, 7) is 5.11. The largest absolute Gasteiger partial charge is 0.497 e. The third-order valence-corrected chi connectivity index (χ3v) is 9.00. The van der Waals surface area contributed by atoms with Crippen LogP contribution in [0.25, 0.3) is 0 Å². The number of sulfonamides is 1. The topological polar surface area (TPSA) is 105 Å². The third-order valence-electron chi connectivity index (χ3n) is 6.52. The molecule has 2 amide bonds. The first kappa shape index (κ1) is 33.0. The van der Waals surface area contributed by atoms with Gasteiger partial charge in [-0.2, -0.15) is 0 Å². The van der Waals surface area contributed by atoms with Crippen molar-refractivity contribution >= 4 is 50.7 Å². The van der Waals surface area contributed by atoms with E-state index in [-0.39, 0.29) is 28.8 Å². The van der Waals surface area contributed by atoms with Crippen LogP contribution in [-0.4, -0.2) is 58.5 Å². The van der Waals surface area contributed by atoms with E-state index in [0.29, 0.717) is 27.9 Å². The maximum absolute atomic E-state index is 14.1. The Bertz CT molecular complexity index is 1480. The maximum atomic E-state index is 14.1. The number of carbonyl (C=O) groups excluding carboxylic acids is 2. The molecule has 0 fully saturated rings. The van der Waals surface area contributed by atoms with Crippen molar-refractivity contribution < 1.29 is 27.5 Å².